The molecule has 1 heteroatoms. The van der Waals surface area contributed by atoms with Gasteiger partial charge in [0, 0.05) is 11.5 Å². The summed E-state index contributed by atoms with van der Waals surface area (Å²) in [7, 11) is 0. The van der Waals surface area contributed by atoms with Gasteiger partial charge in [-0.25, -0.2) is 0 Å². The predicted octanol–water partition coefficient (Wildman–Crippen LogP) is 6.85. The topological polar surface area (TPSA) is 9.23 Å². The van der Waals surface area contributed by atoms with E-state index < -0.39 is 0 Å². The van der Waals surface area contributed by atoms with Crippen LogP contribution in [-0.2, 0) is 0 Å². The van der Waals surface area contributed by atoms with Crippen molar-refractivity contribution < 1.29 is 4.74 Å². The van der Waals surface area contributed by atoms with Gasteiger partial charge in [-0.05, 0) is 87.0 Å². The number of ether oxygens (including phenoxy) is 1. The second kappa shape index (κ2) is 10.1. The van der Waals surface area contributed by atoms with Gasteiger partial charge in [-0.2, -0.15) is 0 Å². The summed E-state index contributed by atoms with van der Waals surface area (Å²) < 4.78 is 5.64. The van der Waals surface area contributed by atoms with Crippen molar-refractivity contribution in [1.29, 1.82) is 0 Å². The van der Waals surface area contributed by atoms with Gasteiger partial charge in [0.15, 0.2) is 0 Å². The lowest BCUT2D eigenvalue weighted by Crippen LogP contribution is -2.25. The molecule has 0 heterocycles. The van der Waals surface area contributed by atoms with Crippen LogP contribution < -0.4 is 4.74 Å². The maximum atomic E-state index is 5.64. The second-order valence-corrected chi connectivity index (χ2v) is 8.44. The Balaban J connectivity index is 1.44. The maximum absolute atomic E-state index is 5.64. The average molecular weight is 353 g/mol. The van der Waals surface area contributed by atoms with Gasteiger partial charge in [-0.3, -0.25) is 0 Å². The minimum Gasteiger partial charge on any atom is -0.494 e. The lowest BCUT2D eigenvalue weighted by atomic mass is 9.69. The fraction of sp³-hybridized carbons (Fsp3) is 0.680. The van der Waals surface area contributed by atoms with Crippen molar-refractivity contribution in [2.75, 3.05) is 6.61 Å². The molecule has 2 aliphatic rings. The van der Waals surface area contributed by atoms with Gasteiger partial charge in [0.25, 0.3) is 0 Å². The minimum atomic E-state index is 0.606. The molecular formula is C25H36O. The molecule has 1 nitrogen and oxygen atoms in total. The van der Waals surface area contributed by atoms with Gasteiger partial charge < -0.3 is 4.74 Å². The van der Waals surface area contributed by atoms with E-state index in [1.54, 1.807) is 0 Å². The highest BCUT2D eigenvalue weighted by Crippen LogP contribution is 2.41. The lowest BCUT2D eigenvalue weighted by Gasteiger charge is -2.36. The van der Waals surface area contributed by atoms with Crippen LogP contribution in [0, 0.1) is 35.5 Å². The number of benzene rings is 1. The first-order chi connectivity index (χ1) is 12.8. The van der Waals surface area contributed by atoms with E-state index in [9.17, 15) is 0 Å². The molecule has 0 aliphatic heterocycles. The van der Waals surface area contributed by atoms with Crippen LogP contribution in [-0.4, -0.2) is 6.61 Å². The molecule has 1 aromatic carbocycles. The summed E-state index contributed by atoms with van der Waals surface area (Å²) in [6, 6.07) is 8.28. The first kappa shape index (κ1) is 19.3. The van der Waals surface area contributed by atoms with Crippen LogP contribution in [0.1, 0.15) is 83.6 Å². The van der Waals surface area contributed by atoms with Crippen molar-refractivity contribution in [3.8, 4) is 17.6 Å². The molecule has 0 aromatic heterocycles. The molecule has 0 atom stereocenters. The zero-order chi connectivity index (χ0) is 18.2. The molecule has 26 heavy (non-hydrogen) atoms. The zero-order valence-corrected chi connectivity index (χ0v) is 16.8. The molecule has 0 N–H and O–H groups in total. The Bertz CT molecular complexity index is 575. The van der Waals surface area contributed by atoms with Crippen molar-refractivity contribution in [3.63, 3.8) is 0 Å². The summed E-state index contributed by atoms with van der Waals surface area (Å²) >= 11 is 0. The van der Waals surface area contributed by atoms with Gasteiger partial charge >= 0.3 is 0 Å². The van der Waals surface area contributed by atoms with Crippen molar-refractivity contribution in [2.45, 2.75) is 78.1 Å². The van der Waals surface area contributed by atoms with E-state index in [2.05, 4.69) is 37.8 Å². The van der Waals surface area contributed by atoms with Crippen LogP contribution in [0.3, 0.4) is 0 Å². The molecule has 2 fully saturated rings. The van der Waals surface area contributed by atoms with E-state index >= 15 is 0 Å². The van der Waals surface area contributed by atoms with Gasteiger partial charge in [0.05, 0.1) is 6.61 Å². The first-order valence-electron chi connectivity index (χ1n) is 11.0. The van der Waals surface area contributed by atoms with Crippen LogP contribution in [0.25, 0.3) is 0 Å². The Morgan fingerprint density at radius 3 is 2.04 bits per heavy atom. The fourth-order valence-electron chi connectivity index (χ4n) is 4.84. The smallest absolute Gasteiger partial charge is 0.119 e. The summed E-state index contributed by atoms with van der Waals surface area (Å²) in [6.07, 6.45) is 13.8. The van der Waals surface area contributed by atoms with Crippen LogP contribution >= 0.6 is 0 Å². The summed E-state index contributed by atoms with van der Waals surface area (Å²) in [5.74, 6) is 11.5. The molecule has 0 amide bonds. The Morgan fingerprint density at radius 1 is 0.846 bits per heavy atom. The summed E-state index contributed by atoms with van der Waals surface area (Å²) in [6.45, 7) is 5.28. The Labute approximate surface area is 160 Å². The van der Waals surface area contributed by atoms with E-state index in [0.29, 0.717) is 5.92 Å². The molecule has 0 bridgehead atoms. The highest BCUT2D eigenvalue weighted by atomic mass is 16.5. The number of hydrogen-bond acceptors (Lipinski definition) is 1. The Morgan fingerprint density at radius 2 is 1.46 bits per heavy atom. The van der Waals surface area contributed by atoms with Crippen LogP contribution in [0.2, 0.25) is 0 Å². The van der Waals surface area contributed by atoms with Crippen LogP contribution in [0.5, 0.6) is 5.75 Å². The van der Waals surface area contributed by atoms with Crippen molar-refractivity contribution in [3.05, 3.63) is 29.8 Å². The Hall–Kier alpha value is -1.42. The first-order valence-corrected chi connectivity index (χ1v) is 11.0. The molecule has 0 unspecified atom stereocenters. The van der Waals surface area contributed by atoms with Gasteiger partial charge in [-0.15, -0.1) is 0 Å². The molecule has 2 saturated carbocycles. The summed E-state index contributed by atoms with van der Waals surface area (Å²) in [5.41, 5.74) is 1.12. The van der Waals surface area contributed by atoms with E-state index in [1.165, 1.54) is 57.8 Å². The van der Waals surface area contributed by atoms with Crippen LogP contribution in [0.4, 0.5) is 0 Å². The monoisotopic (exact) mass is 352 g/mol. The molecule has 3 rings (SSSR count). The third-order valence-corrected chi connectivity index (χ3v) is 6.66. The van der Waals surface area contributed by atoms with Gasteiger partial charge in [-0.1, -0.05) is 45.0 Å². The summed E-state index contributed by atoms with van der Waals surface area (Å²) in [5, 5.41) is 0. The molecule has 2 aliphatic carbocycles. The lowest BCUT2D eigenvalue weighted by molar-refractivity contribution is 0.156. The van der Waals surface area contributed by atoms with Crippen LogP contribution in [0.15, 0.2) is 24.3 Å². The third-order valence-electron chi connectivity index (χ3n) is 6.66. The average Bonchev–Trinajstić information content (AvgIpc) is 2.72. The van der Waals surface area contributed by atoms with E-state index in [-0.39, 0.29) is 0 Å². The molecular weight excluding hydrogens is 316 g/mol. The largest absolute Gasteiger partial charge is 0.494 e. The van der Waals surface area contributed by atoms with Crippen molar-refractivity contribution >= 4 is 0 Å². The SMILES string of the molecule is CCCOc1ccc(C#CC2CCC(C3CCC(CC)CC3)CC2)cc1. The van der Waals surface area contributed by atoms with Crippen molar-refractivity contribution in [1.82, 2.24) is 0 Å². The highest BCUT2D eigenvalue weighted by Gasteiger charge is 2.29. The maximum Gasteiger partial charge on any atom is 0.119 e. The highest BCUT2D eigenvalue weighted by molar-refractivity contribution is 5.38. The van der Waals surface area contributed by atoms with E-state index in [0.717, 1.165) is 42.1 Å². The molecule has 1 aromatic rings. The summed E-state index contributed by atoms with van der Waals surface area (Å²) in [4.78, 5) is 0. The predicted molar refractivity (Wildman–Crippen MR) is 110 cm³/mol. The molecule has 0 saturated heterocycles. The fourth-order valence-corrected chi connectivity index (χ4v) is 4.84. The number of hydrogen-bond donors (Lipinski definition) is 0. The van der Waals surface area contributed by atoms with E-state index in [1.807, 2.05) is 12.1 Å². The third kappa shape index (κ3) is 5.54. The van der Waals surface area contributed by atoms with Gasteiger partial charge in [0.1, 0.15) is 5.75 Å². The minimum absolute atomic E-state index is 0.606. The number of rotatable bonds is 5. The standard InChI is InChI=1S/C25H36O/c1-3-19-26-25-17-11-22(12-18-25)6-5-21-9-15-24(16-10-21)23-13-7-20(4-2)8-14-23/h11-12,17-18,20-21,23-24H,3-4,7-10,13-16,19H2,1-2H3. The quantitative estimate of drug-likeness (QED) is 0.527. The normalized spacial score (nSPS) is 28.8. The van der Waals surface area contributed by atoms with Crippen molar-refractivity contribution in [2.24, 2.45) is 23.7 Å². The van der Waals surface area contributed by atoms with E-state index in [4.69, 9.17) is 4.74 Å². The molecule has 142 valence electrons. The second-order valence-electron chi connectivity index (χ2n) is 8.44. The molecule has 0 spiro atoms. The zero-order valence-electron chi connectivity index (χ0n) is 16.8. The Kier molecular flexibility index (Phi) is 7.48. The van der Waals surface area contributed by atoms with Gasteiger partial charge in [0.2, 0.25) is 0 Å². The molecule has 0 radical (unpaired) electrons.